The van der Waals surface area contributed by atoms with E-state index in [0.29, 0.717) is 16.1 Å². The number of nitrogens with zero attached hydrogens (tertiary/aromatic N) is 1. The fourth-order valence-corrected chi connectivity index (χ4v) is 3.03. The number of hydrogen-bond acceptors (Lipinski definition) is 2. The van der Waals surface area contributed by atoms with E-state index >= 15 is 0 Å². The van der Waals surface area contributed by atoms with Gasteiger partial charge in [0.15, 0.2) is 5.11 Å². The third-order valence-corrected chi connectivity index (χ3v) is 4.48. The standard InChI is InChI=1S/C15H22ClN3S/c1-11(12-5-3-2-4-6-12)9-18-15(20)19-14-8-7-13(16)10-17-14/h7-8,10-12H,2-6,9H2,1H3,(H2,17,18,19,20)/t11-/m1/s1. The summed E-state index contributed by atoms with van der Waals surface area (Å²) in [4.78, 5) is 4.16. The van der Waals surface area contributed by atoms with E-state index in [9.17, 15) is 0 Å². The van der Waals surface area contributed by atoms with Gasteiger partial charge in [0, 0.05) is 12.7 Å². The molecule has 0 spiro atoms. The van der Waals surface area contributed by atoms with Crippen LogP contribution in [0.25, 0.3) is 0 Å². The maximum atomic E-state index is 5.80. The molecule has 1 heterocycles. The first-order valence-corrected chi connectivity index (χ1v) is 8.10. The monoisotopic (exact) mass is 311 g/mol. The average Bonchev–Trinajstić information content (AvgIpc) is 2.48. The van der Waals surface area contributed by atoms with Crippen molar-refractivity contribution in [1.82, 2.24) is 10.3 Å². The summed E-state index contributed by atoms with van der Waals surface area (Å²) in [5.41, 5.74) is 0. The molecule has 5 heteroatoms. The van der Waals surface area contributed by atoms with Crippen molar-refractivity contribution in [2.75, 3.05) is 11.9 Å². The van der Waals surface area contributed by atoms with E-state index in [-0.39, 0.29) is 0 Å². The van der Waals surface area contributed by atoms with E-state index < -0.39 is 0 Å². The summed E-state index contributed by atoms with van der Waals surface area (Å²) in [6.45, 7) is 3.23. The molecule has 1 aliphatic rings. The lowest BCUT2D eigenvalue weighted by atomic mass is 9.81. The predicted molar refractivity (Wildman–Crippen MR) is 89.2 cm³/mol. The van der Waals surface area contributed by atoms with Crippen LogP contribution in [0.2, 0.25) is 5.02 Å². The van der Waals surface area contributed by atoms with Gasteiger partial charge in [0.25, 0.3) is 0 Å². The molecule has 2 N–H and O–H groups in total. The number of pyridine rings is 1. The molecule has 20 heavy (non-hydrogen) atoms. The maximum absolute atomic E-state index is 5.80. The zero-order valence-corrected chi connectivity index (χ0v) is 13.4. The Morgan fingerprint density at radius 2 is 2.15 bits per heavy atom. The summed E-state index contributed by atoms with van der Waals surface area (Å²) in [6.07, 6.45) is 8.50. The third-order valence-electron chi connectivity index (χ3n) is 4.01. The second-order valence-electron chi connectivity index (χ2n) is 5.57. The third kappa shape index (κ3) is 4.91. The molecule has 3 nitrogen and oxygen atoms in total. The summed E-state index contributed by atoms with van der Waals surface area (Å²) in [7, 11) is 0. The Kier molecular flexibility index (Phi) is 6.05. The Labute approximate surface area is 131 Å². The van der Waals surface area contributed by atoms with E-state index in [2.05, 4.69) is 22.5 Å². The molecule has 0 unspecified atom stereocenters. The molecule has 0 aromatic carbocycles. The first-order valence-electron chi connectivity index (χ1n) is 7.31. The van der Waals surface area contributed by atoms with Gasteiger partial charge < -0.3 is 10.6 Å². The molecule has 1 aliphatic carbocycles. The molecular formula is C15H22ClN3S. The van der Waals surface area contributed by atoms with Crippen molar-refractivity contribution in [3.8, 4) is 0 Å². The van der Waals surface area contributed by atoms with Crippen LogP contribution in [0.15, 0.2) is 18.3 Å². The molecule has 1 aromatic rings. The lowest BCUT2D eigenvalue weighted by molar-refractivity contribution is 0.264. The van der Waals surface area contributed by atoms with Crippen LogP contribution in [0.3, 0.4) is 0 Å². The molecule has 110 valence electrons. The second kappa shape index (κ2) is 7.79. The zero-order chi connectivity index (χ0) is 14.4. The van der Waals surface area contributed by atoms with Crippen LogP contribution in [-0.2, 0) is 0 Å². The van der Waals surface area contributed by atoms with Gasteiger partial charge in [0.2, 0.25) is 0 Å². The summed E-state index contributed by atoms with van der Waals surface area (Å²) in [5, 5.41) is 7.62. The number of halogens is 1. The van der Waals surface area contributed by atoms with Gasteiger partial charge in [-0.1, -0.05) is 50.6 Å². The second-order valence-corrected chi connectivity index (χ2v) is 6.42. The molecule has 1 fully saturated rings. The number of hydrogen-bond donors (Lipinski definition) is 2. The molecule has 1 atom stereocenters. The number of rotatable bonds is 4. The van der Waals surface area contributed by atoms with Crippen molar-refractivity contribution >= 4 is 34.7 Å². The van der Waals surface area contributed by atoms with E-state index in [0.717, 1.165) is 18.3 Å². The van der Waals surface area contributed by atoms with Crippen molar-refractivity contribution in [3.05, 3.63) is 23.4 Å². The Bertz CT molecular complexity index is 429. The molecule has 2 rings (SSSR count). The normalized spacial score (nSPS) is 17.5. The molecule has 0 amide bonds. The predicted octanol–water partition coefficient (Wildman–Crippen LogP) is 4.24. The van der Waals surface area contributed by atoms with Gasteiger partial charge in [-0.15, -0.1) is 0 Å². The minimum Gasteiger partial charge on any atom is -0.362 e. The van der Waals surface area contributed by atoms with Crippen LogP contribution in [0.5, 0.6) is 0 Å². The summed E-state index contributed by atoms with van der Waals surface area (Å²) in [6, 6.07) is 3.62. The quantitative estimate of drug-likeness (QED) is 0.816. The average molecular weight is 312 g/mol. The molecule has 0 saturated heterocycles. The molecular weight excluding hydrogens is 290 g/mol. The van der Waals surface area contributed by atoms with E-state index in [1.165, 1.54) is 32.1 Å². The van der Waals surface area contributed by atoms with Crippen molar-refractivity contribution < 1.29 is 0 Å². The fourth-order valence-electron chi connectivity index (χ4n) is 2.73. The highest BCUT2D eigenvalue weighted by molar-refractivity contribution is 7.80. The summed E-state index contributed by atoms with van der Waals surface area (Å²) >= 11 is 11.1. The van der Waals surface area contributed by atoms with Crippen LogP contribution >= 0.6 is 23.8 Å². The largest absolute Gasteiger partial charge is 0.362 e. The van der Waals surface area contributed by atoms with Gasteiger partial charge in [0.1, 0.15) is 5.82 Å². The van der Waals surface area contributed by atoms with Crippen molar-refractivity contribution in [2.45, 2.75) is 39.0 Å². The van der Waals surface area contributed by atoms with Gasteiger partial charge >= 0.3 is 0 Å². The first-order chi connectivity index (χ1) is 9.65. The number of thiocarbonyl (C=S) groups is 1. The molecule has 0 bridgehead atoms. The van der Waals surface area contributed by atoms with Gasteiger partial charge in [-0.05, 0) is 36.2 Å². The first kappa shape index (κ1) is 15.5. The molecule has 0 aliphatic heterocycles. The Morgan fingerprint density at radius 3 is 2.80 bits per heavy atom. The van der Waals surface area contributed by atoms with E-state index in [1.807, 2.05) is 6.07 Å². The summed E-state index contributed by atoms with van der Waals surface area (Å²) < 4.78 is 0. The van der Waals surface area contributed by atoms with Gasteiger partial charge in [-0.25, -0.2) is 4.98 Å². The van der Waals surface area contributed by atoms with Crippen LogP contribution < -0.4 is 10.6 Å². The molecule has 1 saturated carbocycles. The zero-order valence-electron chi connectivity index (χ0n) is 11.9. The smallest absolute Gasteiger partial charge is 0.171 e. The van der Waals surface area contributed by atoms with Crippen LogP contribution in [-0.4, -0.2) is 16.6 Å². The number of nitrogens with one attached hydrogen (secondary N) is 2. The lowest BCUT2D eigenvalue weighted by Crippen LogP contribution is -2.35. The fraction of sp³-hybridized carbons (Fsp3) is 0.600. The summed E-state index contributed by atoms with van der Waals surface area (Å²) in [5.74, 6) is 2.22. The topological polar surface area (TPSA) is 37.0 Å². The van der Waals surface area contributed by atoms with Crippen molar-refractivity contribution in [1.29, 1.82) is 0 Å². The Balaban J connectivity index is 1.72. The highest BCUT2D eigenvalue weighted by atomic mass is 35.5. The van der Waals surface area contributed by atoms with E-state index in [4.69, 9.17) is 23.8 Å². The van der Waals surface area contributed by atoms with Crippen molar-refractivity contribution in [2.24, 2.45) is 11.8 Å². The van der Waals surface area contributed by atoms with Crippen LogP contribution in [0.1, 0.15) is 39.0 Å². The van der Waals surface area contributed by atoms with Gasteiger partial charge in [-0.3, -0.25) is 0 Å². The van der Waals surface area contributed by atoms with Crippen molar-refractivity contribution in [3.63, 3.8) is 0 Å². The highest BCUT2D eigenvalue weighted by Crippen LogP contribution is 2.29. The Hall–Kier alpha value is -0.870. The van der Waals surface area contributed by atoms with Crippen LogP contribution in [0.4, 0.5) is 5.82 Å². The lowest BCUT2D eigenvalue weighted by Gasteiger charge is -2.28. The Morgan fingerprint density at radius 1 is 1.40 bits per heavy atom. The minimum absolute atomic E-state index is 0.625. The molecule has 0 radical (unpaired) electrons. The maximum Gasteiger partial charge on any atom is 0.171 e. The number of aromatic nitrogens is 1. The highest BCUT2D eigenvalue weighted by Gasteiger charge is 2.19. The van der Waals surface area contributed by atoms with Gasteiger partial charge in [-0.2, -0.15) is 0 Å². The molecule has 1 aromatic heterocycles. The SMILES string of the molecule is C[C@H](CNC(=S)Nc1ccc(Cl)cn1)C1CCCCC1. The van der Waals surface area contributed by atoms with E-state index in [1.54, 1.807) is 12.3 Å². The number of anilines is 1. The van der Waals surface area contributed by atoms with Gasteiger partial charge in [0.05, 0.1) is 5.02 Å². The minimum atomic E-state index is 0.625. The van der Waals surface area contributed by atoms with Crippen LogP contribution in [0, 0.1) is 11.8 Å².